The Morgan fingerprint density at radius 2 is 2.08 bits per heavy atom. The van der Waals surface area contributed by atoms with Crippen molar-refractivity contribution in [3.63, 3.8) is 0 Å². The van der Waals surface area contributed by atoms with Crippen LogP contribution in [0.5, 0.6) is 0 Å². The van der Waals surface area contributed by atoms with Crippen molar-refractivity contribution in [3.05, 3.63) is 0 Å². The van der Waals surface area contributed by atoms with Crippen LogP contribution in [0.1, 0.15) is 26.2 Å². The van der Waals surface area contributed by atoms with E-state index in [0.717, 1.165) is 12.8 Å². The average Bonchev–Trinajstić information content (AvgIpc) is 1.99. The van der Waals surface area contributed by atoms with Crippen LogP contribution in [0, 0.1) is 5.92 Å². The standard InChI is InChI=1S/C8H18N2O2/c1-6(4-8(11)12)2-3-7(10)5-9/h6-7H,2-5,9-10H2,1H3,(H,11,12)/t6-,7+/m0/s1. The summed E-state index contributed by atoms with van der Waals surface area (Å²) in [6.45, 7) is 2.39. The Kier molecular flexibility index (Phi) is 5.66. The molecule has 0 bridgehead atoms. The zero-order chi connectivity index (χ0) is 9.56. The molecule has 72 valence electrons. The maximum absolute atomic E-state index is 10.3. The third-order valence-electron chi connectivity index (χ3n) is 1.86. The second-order valence-corrected chi connectivity index (χ2v) is 3.28. The number of rotatable bonds is 6. The molecule has 4 nitrogen and oxygen atoms in total. The van der Waals surface area contributed by atoms with Gasteiger partial charge in [0, 0.05) is 19.0 Å². The molecule has 0 aliphatic carbocycles. The Labute approximate surface area is 72.9 Å². The second kappa shape index (κ2) is 5.97. The molecular weight excluding hydrogens is 156 g/mol. The van der Waals surface area contributed by atoms with Gasteiger partial charge >= 0.3 is 5.97 Å². The van der Waals surface area contributed by atoms with E-state index in [1.165, 1.54) is 0 Å². The molecule has 0 aliphatic rings. The Hall–Kier alpha value is -0.610. The van der Waals surface area contributed by atoms with Crippen molar-refractivity contribution in [2.24, 2.45) is 17.4 Å². The van der Waals surface area contributed by atoms with Crippen molar-refractivity contribution in [2.45, 2.75) is 32.2 Å². The van der Waals surface area contributed by atoms with E-state index in [0.29, 0.717) is 6.54 Å². The summed E-state index contributed by atoms with van der Waals surface area (Å²) < 4.78 is 0. The molecule has 0 saturated carbocycles. The summed E-state index contributed by atoms with van der Waals surface area (Å²) >= 11 is 0. The first kappa shape index (κ1) is 11.4. The van der Waals surface area contributed by atoms with Gasteiger partial charge in [0.25, 0.3) is 0 Å². The summed E-state index contributed by atoms with van der Waals surface area (Å²) in [5, 5.41) is 8.45. The molecule has 0 aromatic carbocycles. The number of aliphatic carboxylic acids is 1. The molecule has 0 saturated heterocycles. The molecule has 0 rings (SSSR count). The summed E-state index contributed by atoms with van der Waals surface area (Å²) in [7, 11) is 0. The van der Waals surface area contributed by atoms with Crippen molar-refractivity contribution in [3.8, 4) is 0 Å². The average molecular weight is 174 g/mol. The molecule has 0 heterocycles. The summed E-state index contributed by atoms with van der Waals surface area (Å²) in [5.41, 5.74) is 10.9. The number of carbonyl (C=O) groups is 1. The number of carboxylic acids is 1. The van der Waals surface area contributed by atoms with Crippen LogP contribution < -0.4 is 11.5 Å². The van der Waals surface area contributed by atoms with E-state index >= 15 is 0 Å². The Morgan fingerprint density at radius 1 is 1.50 bits per heavy atom. The molecule has 5 N–H and O–H groups in total. The maximum Gasteiger partial charge on any atom is 0.303 e. The first-order chi connectivity index (χ1) is 5.56. The van der Waals surface area contributed by atoms with E-state index in [1.54, 1.807) is 0 Å². The molecule has 0 aliphatic heterocycles. The minimum absolute atomic E-state index is 0.0150. The molecule has 2 atom stereocenters. The van der Waals surface area contributed by atoms with Crippen LogP contribution in [0.2, 0.25) is 0 Å². The van der Waals surface area contributed by atoms with Crippen LogP contribution in [-0.4, -0.2) is 23.7 Å². The van der Waals surface area contributed by atoms with E-state index < -0.39 is 5.97 Å². The Morgan fingerprint density at radius 3 is 2.50 bits per heavy atom. The fraction of sp³-hybridized carbons (Fsp3) is 0.875. The minimum atomic E-state index is -0.746. The lowest BCUT2D eigenvalue weighted by molar-refractivity contribution is -0.138. The van der Waals surface area contributed by atoms with Crippen LogP contribution in [0.3, 0.4) is 0 Å². The molecule has 12 heavy (non-hydrogen) atoms. The van der Waals surface area contributed by atoms with Gasteiger partial charge < -0.3 is 16.6 Å². The third-order valence-corrected chi connectivity index (χ3v) is 1.86. The first-order valence-electron chi connectivity index (χ1n) is 4.23. The molecule has 0 spiro atoms. The number of hydrogen-bond donors (Lipinski definition) is 3. The SMILES string of the molecule is C[C@@H](CC[C@@H](N)CN)CC(=O)O. The van der Waals surface area contributed by atoms with Gasteiger partial charge in [-0.15, -0.1) is 0 Å². The monoisotopic (exact) mass is 174 g/mol. The lowest BCUT2D eigenvalue weighted by atomic mass is 9.99. The molecule has 0 fully saturated rings. The van der Waals surface area contributed by atoms with Crippen LogP contribution >= 0.6 is 0 Å². The smallest absolute Gasteiger partial charge is 0.303 e. The highest BCUT2D eigenvalue weighted by atomic mass is 16.4. The van der Waals surface area contributed by atoms with Gasteiger partial charge in [0.2, 0.25) is 0 Å². The minimum Gasteiger partial charge on any atom is -0.481 e. The Balaban J connectivity index is 3.43. The highest BCUT2D eigenvalue weighted by Crippen LogP contribution is 2.10. The van der Waals surface area contributed by atoms with Gasteiger partial charge in [0.1, 0.15) is 0 Å². The van der Waals surface area contributed by atoms with Gasteiger partial charge in [-0.2, -0.15) is 0 Å². The van der Waals surface area contributed by atoms with Gasteiger partial charge in [-0.3, -0.25) is 4.79 Å². The molecule has 0 aromatic rings. The van der Waals surface area contributed by atoms with Crippen molar-refractivity contribution in [1.29, 1.82) is 0 Å². The highest BCUT2D eigenvalue weighted by molar-refractivity contribution is 5.66. The maximum atomic E-state index is 10.3. The van der Waals surface area contributed by atoms with E-state index in [-0.39, 0.29) is 18.4 Å². The molecule has 0 amide bonds. The number of carboxylic acid groups (broad SMARTS) is 1. The topological polar surface area (TPSA) is 89.3 Å². The van der Waals surface area contributed by atoms with Gasteiger partial charge in [-0.05, 0) is 18.8 Å². The second-order valence-electron chi connectivity index (χ2n) is 3.28. The predicted octanol–water partition coefficient (Wildman–Crippen LogP) is 0.163. The fourth-order valence-corrected chi connectivity index (χ4v) is 1.02. The quantitative estimate of drug-likeness (QED) is 0.535. The van der Waals surface area contributed by atoms with Crippen LogP contribution in [0.25, 0.3) is 0 Å². The van der Waals surface area contributed by atoms with E-state index in [1.807, 2.05) is 6.92 Å². The molecular formula is C8H18N2O2. The van der Waals surface area contributed by atoms with Gasteiger partial charge in [-0.1, -0.05) is 6.92 Å². The van der Waals surface area contributed by atoms with Gasteiger partial charge in [0.15, 0.2) is 0 Å². The van der Waals surface area contributed by atoms with E-state index in [2.05, 4.69) is 0 Å². The molecule has 4 heteroatoms. The van der Waals surface area contributed by atoms with Crippen LogP contribution in [-0.2, 0) is 4.79 Å². The van der Waals surface area contributed by atoms with Crippen LogP contribution in [0.15, 0.2) is 0 Å². The lowest BCUT2D eigenvalue weighted by Crippen LogP contribution is -2.30. The fourth-order valence-electron chi connectivity index (χ4n) is 1.02. The van der Waals surface area contributed by atoms with Crippen molar-refractivity contribution in [2.75, 3.05) is 6.54 Å². The van der Waals surface area contributed by atoms with Gasteiger partial charge in [0.05, 0.1) is 0 Å². The molecule has 0 aromatic heterocycles. The summed E-state index contributed by atoms with van der Waals surface area (Å²) in [6.07, 6.45) is 1.87. The number of nitrogens with two attached hydrogens (primary N) is 2. The first-order valence-corrected chi connectivity index (χ1v) is 4.23. The number of hydrogen-bond acceptors (Lipinski definition) is 3. The molecule has 0 radical (unpaired) electrons. The molecule has 0 unspecified atom stereocenters. The predicted molar refractivity (Wildman–Crippen MR) is 47.7 cm³/mol. The van der Waals surface area contributed by atoms with Gasteiger partial charge in [-0.25, -0.2) is 0 Å². The van der Waals surface area contributed by atoms with Crippen molar-refractivity contribution < 1.29 is 9.90 Å². The highest BCUT2D eigenvalue weighted by Gasteiger charge is 2.08. The summed E-state index contributed by atoms with van der Waals surface area (Å²) in [4.78, 5) is 10.3. The zero-order valence-corrected chi connectivity index (χ0v) is 7.49. The zero-order valence-electron chi connectivity index (χ0n) is 7.49. The van der Waals surface area contributed by atoms with Crippen LogP contribution in [0.4, 0.5) is 0 Å². The normalized spacial score (nSPS) is 15.6. The van der Waals surface area contributed by atoms with Crippen molar-refractivity contribution >= 4 is 5.97 Å². The summed E-state index contributed by atoms with van der Waals surface area (Å²) in [5.74, 6) is -0.552. The largest absolute Gasteiger partial charge is 0.481 e. The lowest BCUT2D eigenvalue weighted by Gasteiger charge is -2.11. The van der Waals surface area contributed by atoms with Crippen molar-refractivity contribution in [1.82, 2.24) is 0 Å². The Bertz CT molecular complexity index is 139. The summed E-state index contributed by atoms with van der Waals surface area (Å²) in [6, 6.07) is 0.0150. The third kappa shape index (κ3) is 6.12. The van der Waals surface area contributed by atoms with E-state index in [9.17, 15) is 4.79 Å². The van der Waals surface area contributed by atoms with E-state index in [4.69, 9.17) is 16.6 Å².